The first-order valence-corrected chi connectivity index (χ1v) is 3.29. The second-order valence-electron chi connectivity index (χ2n) is 1.76. The molecule has 0 aliphatic carbocycles. The molecule has 0 aromatic rings. The van der Waals surface area contributed by atoms with E-state index >= 15 is 0 Å². The van der Waals surface area contributed by atoms with E-state index in [-0.39, 0.29) is 0 Å². The number of hydrogen-bond donors (Lipinski definition) is 0. The first-order valence-electron chi connectivity index (χ1n) is 3.29. The van der Waals surface area contributed by atoms with Crippen LogP contribution in [0.5, 0.6) is 0 Å². The fourth-order valence-corrected chi connectivity index (χ4v) is 0.476. The van der Waals surface area contributed by atoms with E-state index in [0.29, 0.717) is 6.61 Å². The van der Waals surface area contributed by atoms with Gasteiger partial charge in [0, 0.05) is 0 Å². The van der Waals surface area contributed by atoms with Crippen LogP contribution in [0, 0.1) is 0 Å². The zero-order valence-corrected chi connectivity index (χ0v) is 5.97. The van der Waals surface area contributed by atoms with Crippen molar-refractivity contribution in [2.45, 2.75) is 19.8 Å². The lowest BCUT2D eigenvalue weighted by molar-refractivity contribution is 0.291. The number of hydrogen-bond acceptors (Lipinski definition) is 1. The molecule has 0 fully saturated rings. The number of ether oxygens (including phenoxy) is 1. The van der Waals surface area contributed by atoms with Crippen LogP contribution < -0.4 is 0 Å². The molecule has 0 aromatic heterocycles. The monoisotopic (exact) mass is 126 g/mol. The van der Waals surface area contributed by atoms with Gasteiger partial charge in [-0.15, -0.1) is 0 Å². The lowest BCUT2D eigenvalue weighted by Crippen LogP contribution is -1.78. The number of allylic oxidation sites excluding steroid dienone is 1. The van der Waals surface area contributed by atoms with Gasteiger partial charge in [-0.25, -0.2) is 0 Å². The summed E-state index contributed by atoms with van der Waals surface area (Å²) in [5.74, 6) is 0. The molecule has 52 valence electrons. The van der Waals surface area contributed by atoms with Crippen LogP contribution in [0.1, 0.15) is 19.8 Å². The molecule has 1 nitrogen and oxygen atoms in total. The Kier molecular flexibility index (Phi) is 6.70. The summed E-state index contributed by atoms with van der Waals surface area (Å²) in [4.78, 5) is 0. The summed E-state index contributed by atoms with van der Waals surface area (Å²) in [5, 5.41) is 0. The molecule has 0 amide bonds. The molecule has 0 N–H and O–H groups in total. The molecule has 0 unspecified atom stereocenters. The van der Waals surface area contributed by atoms with Gasteiger partial charge in [0.2, 0.25) is 0 Å². The normalized spacial score (nSPS) is 9.89. The topological polar surface area (TPSA) is 9.23 Å². The molecular formula is C8H14O. The van der Waals surface area contributed by atoms with Crippen LogP contribution in [0.3, 0.4) is 0 Å². The largest absolute Gasteiger partial charge is 0.498 e. The van der Waals surface area contributed by atoms with Crippen LogP contribution in [0.4, 0.5) is 0 Å². The third-order valence-corrected chi connectivity index (χ3v) is 0.932. The van der Waals surface area contributed by atoms with Crippen molar-refractivity contribution in [3.8, 4) is 0 Å². The molecule has 0 radical (unpaired) electrons. The maximum Gasteiger partial charge on any atom is 0.105 e. The minimum atomic E-state index is 0.656. The Morgan fingerprint density at radius 2 is 2.22 bits per heavy atom. The van der Waals surface area contributed by atoms with Crippen molar-refractivity contribution in [1.82, 2.24) is 0 Å². The maximum absolute atomic E-state index is 4.86. The van der Waals surface area contributed by atoms with Crippen molar-refractivity contribution in [3.63, 3.8) is 0 Å². The van der Waals surface area contributed by atoms with Crippen molar-refractivity contribution in [3.05, 3.63) is 25.0 Å². The van der Waals surface area contributed by atoms with E-state index in [0.717, 1.165) is 6.42 Å². The molecule has 0 heterocycles. The highest BCUT2D eigenvalue weighted by atomic mass is 16.5. The first kappa shape index (κ1) is 8.28. The second kappa shape index (κ2) is 7.28. The van der Waals surface area contributed by atoms with Gasteiger partial charge in [-0.1, -0.05) is 32.1 Å². The average molecular weight is 126 g/mol. The van der Waals surface area contributed by atoms with Crippen LogP contribution in [0.15, 0.2) is 25.0 Å². The molecule has 0 aliphatic heterocycles. The van der Waals surface area contributed by atoms with Crippen molar-refractivity contribution < 1.29 is 4.74 Å². The Morgan fingerprint density at radius 3 is 2.78 bits per heavy atom. The third-order valence-electron chi connectivity index (χ3n) is 0.932. The van der Waals surface area contributed by atoms with Crippen molar-refractivity contribution in [1.29, 1.82) is 0 Å². The van der Waals surface area contributed by atoms with Crippen LogP contribution in [0.2, 0.25) is 0 Å². The summed E-state index contributed by atoms with van der Waals surface area (Å²) >= 11 is 0. The van der Waals surface area contributed by atoms with Gasteiger partial charge in [0.05, 0.1) is 6.26 Å². The third kappa shape index (κ3) is 7.28. The lowest BCUT2D eigenvalue weighted by atomic mass is 10.3. The summed E-state index contributed by atoms with van der Waals surface area (Å²) in [5.41, 5.74) is 0. The number of rotatable bonds is 5. The highest BCUT2D eigenvalue weighted by Crippen LogP contribution is 1.87. The van der Waals surface area contributed by atoms with E-state index < -0.39 is 0 Å². The fourth-order valence-electron chi connectivity index (χ4n) is 0.476. The Morgan fingerprint density at radius 1 is 1.44 bits per heavy atom. The minimum absolute atomic E-state index is 0.656. The summed E-state index contributed by atoms with van der Waals surface area (Å²) in [7, 11) is 0. The molecule has 0 saturated carbocycles. The highest BCUT2D eigenvalue weighted by Gasteiger charge is 1.72. The predicted octanol–water partition coefficient (Wildman–Crippen LogP) is 2.50. The Labute approximate surface area is 57.0 Å². The standard InChI is InChI=1S/C8H14O/c1-3-5-6-7-8-9-4-2/h4,6-7H,2-3,5,8H2,1H3/b7-6-. The van der Waals surface area contributed by atoms with Gasteiger partial charge in [-0.3, -0.25) is 0 Å². The van der Waals surface area contributed by atoms with Crippen LogP contribution in [0.25, 0.3) is 0 Å². The van der Waals surface area contributed by atoms with Crippen molar-refractivity contribution in [2.24, 2.45) is 0 Å². The Balaban J connectivity index is 2.94. The van der Waals surface area contributed by atoms with Gasteiger partial charge in [0.25, 0.3) is 0 Å². The highest BCUT2D eigenvalue weighted by molar-refractivity contribution is 4.81. The van der Waals surface area contributed by atoms with Gasteiger partial charge in [-0.05, 0) is 6.42 Å². The van der Waals surface area contributed by atoms with Crippen LogP contribution in [-0.2, 0) is 4.74 Å². The molecule has 0 spiro atoms. The maximum atomic E-state index is 4.86. The second-order valence-corrected chi connectivity index (χ2v) is 1.76. The van der Waals surface area contributed by atoms with Gasteiger partial charge in [0.15, 0.2) is 0 Å². The quantitative estimate of drug-likeness (QED) is 0.312. The van der Waals surface area contributed by atoms with Crippen LogP contribution >= 0.6 is 0 Å². The molecule has 1 heteroatoms. The summed E-state index contributed by atoms with van der Waals surface area (Å²) < 4.78 is 4.86. The van der Waals surface area contributed by atoms with Gasteiger partial charge in [0.1, 0.15) is 6.61 Å². The van der Waals surface area contributed by atoms with E-state index in [4.69, 9.17) is 4.74 Å². The first-order chi connectivity index (χ1) is 4.41. The molecule has 0 bridgehead atoms. The summed E-state index contributed by atoms with van der Waals surface area (Å²) in [6, 6.07) is 0. The molecule has 0 aliphatic rings. The smallest absolute Gasteiger partial charge is 0.105 e. The Hall–Kier alpha value is -0.720. The SMILES string of the molecule is C=COC/C=C\CCC. The summed E-state index contributed by atoms with van der Waals surface area (Å²) in [6.07, 6.45) is 7.91. The molecular weight excluding hydrogens is 112 g/mol. The lowest BCUT2D eigenvalue weighted by Gasteiger charge is -1.90. The fraction of sp³-hybridized carbons (Fsp3) is 0.500. The van der Waals surface area contributed by atoms with Crippen molar-refractivity contribution >= 4 is 0 Å². The van der Waals surface area contributed by atoms with E-state index in [1.807, 2.05) is 6.08 Å². The van der Waals surface area contributed by atoms with Crippen LogP contribution in [-0.4, -0.2) is 6.61 Å². The zero-order chi connectivity index (χ0) is 6.95. The van der Waals surface area contributed by atoms with Gasteiger partial charge >= 0.3 is 0 Å². The van der Waals surface area contributed by atoms with E-state index in [1.54, 1.807) is 0 Å². The van der Waals surface area contributed by atoms with E-state index in [9.17, 15) is 0 Å². The zero-order valence-electron chi connectivity index (χ0n) is 5.97. The molecule has 0 aromatic carbocycles. The molecule has 9 heavy (non-hydrogen) atoms. The van der Waals surface area contributed by atoms with Gasteiger partial charge < -0.3 is 4.74 Å². The summed E-state index contributed by atoms with van der Waals surface area (Å²) in [6.45, 7) is 6.23. The van der Waals surface area contributed by atoms with E-state index in [1.165, 1.54) is 12.7 Å². The number of unbranched alkanes of at least 4 members (excludes halogenated alkanes) is 1. The van der Waals surface area contributed by atoms with E-state index in [2.05, 4.69) is 19.6 Å². The van der Waals surface area contributed by atoms with Crippen molar-refractivity contribution in [2.75, 3.05) is 6.61 Å². The molecule has 0 saturated heterocycles. The Bertz CT molecular complexity index is 84.6. The minimum Gasteiger partial charge on any atom is -0.498 e. The predicted molar refractivity (Wildman–Crippen MR) is 40.2 cm³/mol. The van der Waals surface area contributed by atoms with Gasteiger partial charge in [-0.2, -0.15) is 0 Å². The molecule has 0 rings (SSSR count). The average Bonchev–Trinajstić information content (AvgIpc) is 1.89. The molecule has 0 atom stereocenters.